The highest BCUT2D eigenvalue weighted by molar-refractivity contribution is 6.43. The van der Waals surface area contributed by atoms with Crippen LogP contribution >= 0.6 is 23.2 Å². The Morgan fingerprint density at radius 2 is 2.17 bits per heavy atom. The van der Waals surface area contributed by atoms with Crippen LogP contribution in [0.15, 0.2) is 12.1 Å². The van der Waals surface area contributed by atoms with Crippen molar-refractivity contribution in [2.45, 2.75) is 0 Å². The lowest BCUT2D eigenvalue weighted by atomic mass is 10.2. The van der Waals surface area contributed by atoms with Crippen LogP contribution in [0.5, 0.6) is 5.75 Å². The first-order valence-corrected chi connectivity index (χ1v) is 4.39. The minimum absolute atomic E-state index is 0.487. The summed E-state index contributed by atoms with van der Waals surface area (Å²) in [5.74, 6) is 0.662. The highest BCUT2D eigenvalue weighted by atomic mass is 35.5. The van der Waals surface area contributed by atoms with Crippen molar-refractivity contribution < 1.29 is 4.74 Å². The fourth-order valence-electron chi connectivity index (χ4n) is 1.15. The fourth-order valence-corrected chi connectivity index (χ4v) is 1.52. The van der Waals surface area contributed by atoms with Gasteiger partial charge in [0.25, 0.3) is 0 Å². The molecule has 0 aromatic heterocycles. The van der Waals surface area contributed by atoms with Crippen LogP contribution in [0.1, 0.15) is 0 Å². The predicted octanol–water partition coefficient (Wildman–Crippen LogP) is 2.80. The van der Waals surface area contributed by atoms with Gasteiger partial charge in [0.05, 0.1) is 10.7 Å². The topological polar surface area (TPSA) is 21.3 Å². The largest absolute Gasteiger partial charge is 0.488 e. The molecular weight excluding hydrogens is 197 g/mol. The lowest BCUT2D eigenvalue weighted by Crippen LogP contribution is -2.18. The Morgan fingerprint density at radius 3 is 3.00 bits per heavy atom. The molecule has 1 aromatic carbocycles. The molecule has 0 unspecified atom stereocenters. The fraction of sp³-hybridized carbons (Fsp3) is 0.250. The van der Waals surface area contributed by atoms with Gasteiger partial charge in [-0.05, 0) is 12.1 Å². The van der Waals surface area contributed by atoms with Gasteiger partial charge >= 0.3 is 0 Å². The Labute approximate surface area is 80.4 Å². The molecule has 0 aliphatic carbocycles. The zero-order valence-corrected chi connectivity index (χ0v) is 7.74. The average molecular weight is 204 g/mol. The van der Waals surface area contributed by atoms with Crippen LogP contribution in [0.2, 0.25) is 10.0 Å². The normalized spacial score (nSPS) is 14.5. The maximum absolute atomic E-state index is 5.91. The van der Waals surface area contributed by atoms with Crippen molar-refractivity contribution in [1.29, 1.82) is 0 Å². The summed E-state index contributed by atoms with van der Waals surface area (Å²) in [5, 5.41) is 4.18. The maximum atomic E-state index is 5.91. The number of nitrogens with one attached hydrogen (secondary N) is 1. The maximum Gasteiger partial charge on any atom is 0.162 e. The zero-order chi connectivity index (χ0) is 8.55. The van der Waals surface area contributed by atoms with E-state index in [-0.39, 0.29) is 0 Å². The Bertz CT molecular complexity index is 314. The van der Waals surface area contributed by atoms with Crippen LogP contribution in [0.4, 0.5) is 5.69 Å². The van der Waals surface area contributed by atoms with Gasteiger partial charge in [0, 0.05) is 6.54 Å². The van der Waals surface area contributed by atoms with Gasteiger partial charge in [-0.2, -0.15) is 0 Å². The second-order valence-corrected chi connectivity index (χ2v) is 3.30. The van der Waals surface area contributed by atoms with Crippen molar-refractivity contribution in [3.8, 4) is 5.75 Å². The van der Waals surface area contributed by atoms with Crippen molar-refractivity contribution in [3.05, 3.63) is 22.2 Å². The third-order valence-corrected chi connectivity index (χ3v) is 2.50. The number of hydrogen-bond donors (Lipinski definition) is 1. The van der Waals surface area contributed by atoms with Crippen molar-refractivity contribution in [2.24, 2.45) is 0 Å². The van der Waals surface area contributed by atoms with Crippen LogP contribution in [0.25, 0.3) is 0 Å². The van der Waals surface area contributed by atoms with E-state index in [0.717, 1.165) is 12.2 Å². The molecule has 0 saturated heterocycles. The number of fused-ring (bicyclic) bond motifs is 1. The number of rotatable bonds is 0. The van der Waals surface area contributed by atoms with Crippen LogP contribution in [-0.2, 0) is 0 Å². The van der Waals surface area contributed by atoms with Crippen LogP contribution in [0.3, 0.4) is 0 Å². The van der Waals surface area contributed by atoms with E-state index in [1.807, 2.05) is 6.07 Å². The van der Waals surface area contributed by atoms with Crippen LogP contribution in [0, 0.1) is 0 Å². The summed E-state index contributed by atoms with van der Waals surface area (Å²) in [6.07, 6.45) is 0. The predicted molar refractivity (Wildman–Crippen MR) is 50.4 cm³/mol. The van der Waals surface area contributed by atoms with Gasteiger partial charge in [-0.15, -0.1) is 0 Å². The van der Waals surface area contributed by atoms with Gasteiger partial charge in [0.1, 0.15) is 11.6 Å². The van der Waals surface area contributed by atoms with Crippen molar-refractivity contribution in [3.63, 3.8) is 0 Å². The molecule has 0 amide bonds. The molecule has 0 spiro atoms. The molecule has 0 radical (unpaired) electrons. The van der Waals surface area contributed by atoms with Gasteiger partial charge < -0.3 is 10.1 Å². The first-order chi connectivity index (χ1) is 5.79. The van der Waals surface area contributed by atoms with E-state index in [0.29, 0.717) is 22.4 Å². The first kappa shape index (κ1) is 8.02. The van der Waals surface area contributed by atoms with E-state index in [9.17, 15) is 0 Å². The molecule has 12 heavy (non-hydrogen) atoms. The molecule has 1 aliphatic heterocycles. The summed E-state index contributed by atoms with van der Waals surface area (Å²) < 4.78 is 5.36. The number of anilines is 1. The summed E-state index contributed by atoms with van der Waals surface area (Å²) in [6, 6.07) is 3.62. The van der Waals surface area contributed by atoms with Gasteiger partial charge in [-0.3, -0.25) is 0 Å². The summed E-state index contributed by atoms with van der Waals surface area (Å²) in [4.78, 5) is 0. The van der Waals surface area contributed by atoms with Crippen molar-refractivity contribution in [1.82, 2.24) is 0 Å². The molecule has 64 valence electrons. The molecule has 4 heteroatoms. The minimum Gasteiger partial charge on any atom is -0.488 e. The minimum atomic E-state index is 0.487. The molecule has 0 saturated carbocycles. The Kier molecular flexibility index (Phi) is 2.03. The van der Waals surface area contributed by atoms with E-state index >= 15 is 0 Å². The number of hydrogen-bond acceptors (Lipinski definition) is 2. The van der Waals surface area contributed by atoms with E-state index in [1.165, 1.54) is 0 Å². The highest BCUT2D eigenvalue weighted by Gasteiger charge is 2.14. The quantitative estimate of drug-likeness (QED) is 0.701. The van der Waals surface area contributed by atoms with E-state index < -0.39 is 0 Å². The van der Waals surface area contributed by atoms with Crippen LogP contribution in [-0.4, -0.2) is 13.2 Å². The first-order valence-electron chi connectivity index (χ1n) is 3.64. The third kappa shape index (κ3) is 1.21. The molecule has 1 aliphatic rings. The number of ether oxygens (including phenoxy) is 1. The standard InChI is InChI=1S/C8H7Cl2NO/c9-5-1-2-6-8(7(5)10)12-4-3-11-6/h1-2,11H,3-4H2. The lowest BCUT2D eigenvalue weighted by Gasteiger charge is -2.20. The Hall–Kier alpha value is -0.600. The molecule has 0 bridgehead atoms. The molecule has 0 atom stereocenters. The van der Waals surface area contributed by atoms with Crippen molar-refractivity contribution >= 4 is 28.9 Å². The number of benzene rings is 1. The second kappa shape index (κ2) is 3.04. The molecule has 1 heterocycles. The summed E-state index contributed by atoms with van der Waals surface area (Å²) in [7, 11) is 0. The lowest BCUT2D eigenvalue weighted by molar-refractivity contribution is 0.323. The highest BCUT2D eigenvalue weighted by Crippen LogP contribution is 2.39. The smallest absolute Gasteiger partial charge is 0.162 e. The summed E-state index contributed by atoms with van der Waals surface area (Å²) in [6.45, 7) is 1.44. The van der Waals surface area contributed by atoms with Crippen LogP contribution < -0.4 is 10.1 Å². The Balaban J connectivity index is 2.54. The second-order valence-electron chi connectivity index (χ2n) is 2.51. The van der Waals surface area contributed by atoms with Gasteiger partial charge in [0.15, 0.2) is 5.75 Å². The molecule has 1 aromatic rings. The average Bonchev–Trinajstić information content (AvgIpc) is 2.12. The van der Waals surface area contributed by atoms with E-state index in [2.05, 4.69) is 5.32 Å². The summed E-state index contributed by atoms with van der Waals surface area (Å²) >= 11 is 11.7. The molecular formula is C8H7Cl2NO. The van der Waals surface area contributed by atoms with Gasteiger partial charge in [-0.1, -0.05) is 23.2 Å². The van der Waals surface area contributed by atoms with E-state index in [4.69, 9.17) is 27.9 Å². The molecule has 2 nitrogen and oxygen atoms in total. The van der Waals surface area contributed by atoms with Crippen molar-refractivity contribution in [2.75, 3.05) is 18.5 Å². The number of halogens is 2. The SMILES string of the molecule is Clc1ccc2c(c1Cl)OCCN2. The zero-order valence-electron chi connectivity index (χ0n) is 6.23. The third-order valence-electron chi connectivity index (χ3n) is 1.71. The summed E-state index contributed by atoms with van der Waals surface area (Å²) in [5.41, 5.74) is 0.913. The molecule has 2 rings (SSSR count). The monoisotopic (exact) mass is 203 g/mol. The molecule has 0 fully saturated rings. The van der Waals surface area contributed by atoms with Gasteiger partial charge in [-0.25, -0.2) is 0 Å². The van der Waals surface area contributed by atoms with Gasteiger partial charge in [0.2, 0.25) is 0 Å². The Morgan fingerprint density at radius 1 is 1.33 bits per heavy atom. The molecule has 1 N–H and O–H groups in total. The van der Waals surface area contributed by atoms with E-state index in [1.54, 1.807) is 6.07 Å².